The van der Waals surface area contributed by atoms with Crippen molar-refractivity contribution in [2.45, 2.75) is 20.8 Å². The van der Waals surface area contributed by atoms with E-state index in [2.05, 4.69) is 86.0 Å². The van der Waals surface area contributed by atoms with Crippen LogP contribution < -0.4 is 9.47 Å². The first kappa shape index (κ1) is 25.6. The van der Waals surface area contributed by atoms with Gasteiger partial charge in [-0.05, 0) is 86.5 Å². The average Bonchev–Trinajstić information content (AvgIpc) is 3.49. The van der Waals surface area contributed by atoms with Crippen molar-refractivity contribution in [3.05, 3.63) is 126 Å². The Morgan fingerprint density at radius 3 is 2.29 bits per heavy atom. The fraction of sp³-hybridized carbons (Fsp3) is 0.111. The molecule has 0 aliphatic carbocycles. The molecule has 0 aliphatic heterocycles. The Hall–Kier alpha value is -5.36. The lowest BCUT2D eigenvalue weighted by Crippen LogP contribution is -1.99. The largest absolute Gasteiger partial charge is 0.497 e. The Bertz CT molecular complexity index is 2090. The third-order valence-electron chi connectivity index (χ3n) is 7.73. The maximum atomic E-state index is 6.47. The minimum absolute atomic E-state index is 0.735. The van der Waals surface area contributed by atoms with Crippen molar-refractivity contribution < 1.29 is 9.47 Å². The van der Waals surface area contributed by atoms with Crippen LogP contribution in [-0.4, -0.2) is 26.4 Å². The van der Waals surface area contributed by atoms with Crippen LogP contribution in [-0.2, 0) is 0 Å². The molecule has 0 radical (unpaired) electrons. The number of hydrogen-bond donors (Lipinski definition) is 0. The van der Waals surface area contributed by atoms with Crippen LogP contribution in [0.15, 0.2) is 109 Å². The van der Waals surface area contributed by atoms with Gasteiger partial charge in [-0.2, -0.15) is 5.10 Å². The molecule has 0 bridgehead atoms. The van der Waals surface area contributed by atoms with Gasteiger partial charge in [-0.1, -0.05) is 36.4 Å². The highest BCUT2D eigenvalue weighted by atomic mass is 16.5. The number of aryl methyl sites for hydroxylation is 2. The highest BCUT2D eigenvalue weighted by Crippen LogP contribution is 2.37. The number of pyridine rings is 1. The van der Waals surface area contributed by atoms with Crippen LogP contribution in [0.3, 0.4) is 0 Å². The first-order valence-electron chi connectivity index (χ1n) is 14.0. The van der Waals surface area contributed by atoms with E-state index in [1.165, 1.54) is 0 Å². The molecule has 3 heterocycles. The lowest BCUT2D eigenvalue weighted by atomic mass is 10.0. The molecule has 42 heavy (non-hydrogen) atoms. The summed E-state index contributed by atoms with van der Waals surface area (Å²) in [5, 5.41) is 7.08. The maximum Gasteiger partial charge on any atom is 0.137 e. The third-order valence-corrected chi connectivity index (χ3v) is 7.73. The molecule has 3 aromatic heterocycles. The minimum Gasteiger partial charge on any atom is -0.497 e. The number of hydrogen-bond acceptors (Lipinski definition) is 4. The average molecular weight is 551 g/mol. The van der Waals surface area contributed by atoms with Crippen LogP contribution in [0.2, 0.25) is 0 Å². The zero-order chi connectivity index (χ0) is 28.8. The summed E-state index contributed by atoms with van der Waals surface area (Å²) in [6.45, 7) is 6.24. The number of rotatable bonds is 6. The van der Waals surface area contributed by atoms with Crippen molar-refractivity contribution in [1.82, 2.24) is 19.3 Å². The Balaban J connectivity index is 1.30. The highest BCUT2D eigenvalue weighted by molar-refractivity contribution is 6.10. The van der Waals surface area contributed by atoms with Gasteiger partial charge in [0, 0.05) is 40.4 Å². The normalized spacial score (nSPS) is 11.3. The summed E-state index contributed by atoms with van der Waals surface area (Å²) in [6.07, 6.45) is 1.85. The molecule has 0 atom stereocenters. The van der Waals surface area contributed by atoms with Crippen molar-refractivity contribution in [3.8, 4) is 39.9 Å². The number of nitrogens with zero attached hydrogens (tertiary/aromatic N) is 4. The summed E-state index contributed by atoms with van der Waals surface area (Å²) in [7, 11) is 1.69. The van der Waals surface area contributed by atoms with E-state index in [1.807, 2.05) is 53.3 Å². The van der Waals surface area contributed by atoms with Crippen LogP contribution in [0.5, 0.6) is 17.2 Å². The number of benzene rings is 4. The predicted molar refractivity (Wildman–Crippen MR) is 168 cm³/mol. The molecule has 0 saturated carbocycles. The summed E-state index contributed by atoms with van der Waals surface area (Å²) >= 11 is 0. The predicted octanol–water partition coefficient (Wildman–Crippen LogP) is 8.76. The topological polar surface area (TPSA) is 54.1 Å². The van der Waals surface area contributed by atoms with Gasteiger partial charge in [0.1, 0.15) is 23.1 Å². The number of methoxy groups -OCH3 is 1. The molecule has 0 fully saturated rings. The summed E-state index contributed by atoms with van der Waals surface area (Å²) in [5.41, 5.74) is 8.55. The molecule has 0 spiro atoms. The Kier molecular flexibility index (Phi) is 6.24. The van der Waals surface area contributed by atoms with Crippen LogP contribution >= 0.6 is 0 Å². The maximum absolute atomic E-state index is 6.47. The number of ether oxygens (including phenoxy) is 2. The molecule has 7 rings (SSSR count). The van der Waals surface area contributed by atoms with E-state index in [4.69, 9.17) is 19.6 Å². The van der Waals surface area contributed by atoms with E-state index >= 15 is 0 Å². The quantitative estimate of drug-likeness (QED) is 0.208. The molecular formula is C36H30N4O2. The van der Waals surface area contributed by atoms with Crippen molar-refractivity contribution in [2.75, 3.05) is 7.11 Å². The lowest BCUT2D eigenvalue weighted by Gasteiger charge is -2.11. The molecule has 0 saturated heterocycles. The van der Waals surface area contributed by atoms with Crippen LogP contribution in [0.4, 0.5) is 0 Å². The van der Waals surface area contributed by atoms with Crippen LogP contribution in [0.25, 0.3) is 44.4 Å². The van der Waals surface area contributed by atoms with Gasteiger partial charge in [0.25, 0.3) is 0 Å². The van der Waals surface area contributed by atoms with Gasteiger partial charge in [-0.15, -0.1) is 0 Å². The van der Waals surface area contributed by atoms with Gasteiger partial charge < -0.3 is 9.47 Å². The molecule has 7 aromatic rings. The summed E-state index contributed by atoms with van der Waals surface area (Å²) < 4.78 is 16.2. The van der Waals surface area contributed by atoms with Crippen molar-refractivity contribution in [1.29, 1.82) is 0 Å². The van der Waals surface area contributed by atoms with Gasteiger partial charge >= 0.3 is 0 Å². The zero-order valence-electron chi connectivity index (χ0n) is 24.0. The first-order chi connectivity index (χ1) is 20.5. The van der Waals surface area contributed by atoms with E-state index < -0.39 is 0 Å². The molecule has 6 heteroatoms. The van der Waals surface area contributed by atoms with E-state index in [9.17, 15) is 0 Å². The molecule has 4 aromatic carbocycles. The smallest absolute Gasteiger partial charge is 0.137 e. The molecule has 0 amide bonds. The zero-order valence-corrected chi connectivity index (χ0v) is 24.0. The van der Waals surface area contributed by atoms with Crippen molar-refractivity contribution >= 4 is 21.8 Å². The fourth-order valence-corrected chi connectivity index (χ4v) is 5.79. The lowest BCUT2D eigenvalue weighted by molar-refractivity contribution is 0.415. The third kappa shape index (κ3) is 4.38. The van der Waals surface area contributed by atoms with Gasteiger partial charge in [-0.3, -0.25) is 4.57 Å². The van der Waals surface area contributed by atoms with Crippen molar-refractivity contribution in [2.24, 2.45) is 0 Å². The van der Waals surface area contributed by atoms with E-state index in [-0.39, 0.29) is 0 Å². The standard InChI is InChI=1S/C36H30N4O2/c1-23-17-18-37-35(19-23)39-33-16-14-28(41-4)21-32(33)31-15-13-30(22-34(31)39)42-29-12-8-11-27(20-29)40-25(3)36(24(2)38-40)26-9-6-5-7-10-26/h5-22H,1-4H3. The van der Waals surface area contributed by atoms with Crippen LogP contribution in [0.1, 0.15) is 17.0 Å². The Labute approximate surface area is 244 Å². The summed E-state index contributed by atoms with van der Waals surface area (Å²) in [4.78, 5) is 4.70. The van der Waals surface area contributed by atoms with Gasteiger partial charge in [0.15, 0.2) is 0 Å². The SMILES string of the molecule is COc1ccc2c(c1)c1ccc(Oc3cccc(-n4nc(C)c(-c5ccccc5)c4C)c3)cc1n2-c1cc(C)ccn1. The molecule has 206 valence electrons. The van der Waals surface area contributed by atoms with Gasteiger partial charge in [0.2, 0.25) is 0 Å². The van der Waals surface area contributed by atoms with Gasteiger partial charge in [-0.25, -0.2) is 9.67 Å². The molecule has 0 aliphatic rings. The number of aromatic nitrogens is 4. The van der Waals surface area contributed by atoms with Crippen LogP contribution in [0, 0.1) is 20.8 Å². The molecular weight excluding hydrogens is 520 g/mol. The molecule has 6 nitrogen and oxygen atoms in total. The van der Waals surface area contributed by atoms with E-state index in [0.717, 1.165) is 78.6 Å². The summed E-state index contributed by atoms with van der Waals surface area (Å²) in [6, 6.07) is 34.9. The Morgan fingerprint density at radius 2 is 1.48 bits per heavy atom. The van der Waals surface area contributed by atoms with Gasteiger partial charge in [0.05, 0.1) is 29.5 Å². The van der Waals surface area contributed by atoms with Crippen molar-refractivity contribution in [3.63, 3.8) is 0 Å². The monoisotopic (exact) mass is 550 g/mol. The molecule has 0 N–H and O–H groups in total. The number of fused-ring (bicyclic) bond motifs is 3. The molecule has 0 unspecified atom stereocenters. The van der Waals surface area contributed by atoms with E-state index in [1.54, 1.807) is 7.11 Å². The second-order valence-corrected chi connectivity index (χ2v) is 10.5. The Morgan fingerprint density at radius 1 is 0.667 bits per heavy atom. The highest BCUT2D eigenvalue weighted by Gasteiger charge is 2.17. The van der Waals surface area contributed by atoms with E-state index in [0.29, 0.717) is 0 Å². The summed E-state index contributed by atoms with van der Waals surface area (Å²) in [5.74, 6) is 3.15. The second kappa shape index (κ2) is 10.2. The minimum atomic E-state index is 0.735. The second-order valence-electron chi connectivity index (χ2n) is 10.5. The fourth-order valence-electron chi connectivity index (χ4n) is 5.79. The first-order valence-corrected chi connectivity index (χ1v) is 14.0.